The van der Waals surface area contributed by atoms with Gasteiger partial charge in [-0.15, -0.1) is 0 Å². The second-order valence-corrected chi connectivity index (χ2v) is 9.62. The third-order valence-corrected chi connectivity index (χ3v) is 5.84. The monoisotopic (exact) mass is 497 g/mol. The summed E-state index contributed by atoms with van der Waals surface area (Å²) in [5.41, 5.74) is 1.63. The average Bonchev–Trinajstić information content (AvgIpc) is 3.19. The van der Waals surface area contributed by atoms with E-state index in [1.54, 1.807) is 32.0 Å². The van der Waals surface area contributed by atoms with E-state index in [4.69, 9.17) is 9.26 Å². The molecule has 2 N–H and O–H groups in total. The number of imidazole rings is 1. The molecule has 1 aliphatic rings. The number of benzene rings is 1. The number of nitrogens with zero attached hydrogens (tertiary/aromatic N) is 4. The van der Waals surface area contributed by atoms with Crippen molar-refractivity contribution in [1.82, 2.24) is 19.5 Å². The maximum Gasteiger partial charge on any atom is 0.274 e. The second-order valence-electron chi connectivity index (χ2n) is 9.62. The maximum absolute atomic E-state index is 14.7. The lowest BCUT2D eigenvalue weighted by atomic mass is 10.1. The predicted molar refractivity (Wildman–Crippen MR) is 126 cm³/mol. The van der Waals surface area contributed by atoms with Gasteiger partial charge in [0.25, 0.3) is 5.91 Å². The fraction of sp³-hybridized carbons (Fsp3) is 0.360. The first-order valence-electron chi connectivity index (χ1n) is 11.4. The van der Waals surface area contributed by atoms with E-state index >= 15 is 0 Å². The number of anilines is 1. The largest absolute Gasteiger partial charge is 0.388 e. The van der Waals surface area contributed by atoms with Gasteiger partial charge < -0.3 is 19.7 Å². The number of halogens is 2. The summed E-state index contributed by atoms with van der Waals surface area (Å²) in [5, 5.41) is 16.5. The van der Waals surface area contributed by atoms with E-state index < -0.39 is 23.5 Å². The number of carbonyl (C=O) groups is 1. The first kappa shape index (κ1) is 24.0. The van der Waals surface area contributed by atoms with Gasteiger partial charge in [-0.05, 0) is 44.9 Å². The van der Waals surface area contributed by atoms with Crippen LogP contribution in [0.1, 0.15) is 53.7 Å². The third-order valence-electron chi connectivity index (χ3n) is 5.84. The highest BCUT2D eigenvalue weighted by molar-refractivity contribution is 6.04. The van der Waals surface area contributed by atoms with Crippen molar-refractivity contribution in [3.8, 4) is 11.4 Å². The Bertz CT molecular complexity index is 1440. The normalized spacial score (nSPS) is 17.5. The van der Waals surface area contributed by atoms with Gasteiger partial charge in [0.05, 0.1) is 30.9 Å². The van der Waals surface area contributed by atoms with E-state index in [9.17, 15) is 18.7 Å². The van der Waals surface area contributed by atoms with Crippen LogP contribution in [0.5, 0.6) is 0 Å². The van der Waals surface area contributed by atoms with E-state index in [1.165, 1.54) is 22.9 Å². The van der Waals surface area contributed by atoms with Gasteiger partial charge in [-0.1, -0.05) is 17.3 Å². The van der Waals surface area contributed by atoms with Crippen molar-refractivity contribution in [2.24, 2.45) is 0 Å². The first-order chi connectivity index (χ1) is 17.1. The summed E-state index contributed by atoms with van der Waals surface area (Å²) in [7, 11) is 0. The Labute approximate surface area is 205 Å². The van der Waals surface area contributed by atoms with Crippen LogP contribution in [0.25, 0.3) is 17.0 Å². The summed E-state index contributed by atoms with van der Waals surface area (Å²) < 4.78 is 39.9. The molecule has 2 atom stereocenters. The Balaban J connectivity index is 1.34. The highest BCUT2D eigenvalue weighted by Gasteiger charge is 2.43. The molecule has 4 aromatic rings. The molecule has 9 nitrogen and oxygen atoms in total. The molecule has 0 radical (unpaired) electrons. The third kappa shape index (κ3) is 4.98. The number of ether oxygens (including phenoxy) is 1. The molecule has 0 unspecified atom stereocenters. The topological polar surface area (TPSA) is 115 Å². The van der Waals surface area contributed by atoms with Crippen LogP contribution >= 0.6 is 0 Å². The summed E-state index contributed by atoms with van der Waals surface area (Å²) in [5.74, 6) is -0.833. The van der Waals surface area contributed by atoms with Gasteiger partial charge in [0.15, 0.2) is 0 Å². The number of pyridine rings is 1. The average molecular weight is 498 g/mol. The van der Waals surface area contributed by atoms with Crippen LogP contribution < -0.4 is 5.32 Å². The van der Waals surface area contributed by atoms with Crippen LogP contribution in [-0.2, 0) is 11.3 Å². The van der Waals surface area contributed by atoms with E-state index in [1.807, 2.05) is 6.92 Å². The zero-order chi connectivity index (χ0) is 25.6. The van der Waals surface area contributed by atoms with Crippen LogP contribution in [0.3, 0.4) is 0 Å². The minimum atomic E-state index is -1.03. The summed E-state index contributed by atoms with van der Waals surface area (Å²) >= 11 is 0. The van der Waals surface area contributed by atoms with Crippen molar-refractivity contribution in [2.45, 2.75) is 51.5 Å². The number of nitrogens with one attached hydrogen (secondary N) is 1. The van der Waals surface area contributed by atoms with Gasteiger partial charge in [-0.2, -0.15) is 4.98 Å². The number of aryl methyl sites for hydroxylation is 1. The van der Waals surface area contributed by atoms with E-state index in [-0.39, 0.29) is 36.3 Å². The van der Waals surface area contributed by atoms with Crippen LogP contribution in [0.15, 0.2) is 41.2 Å². The molecular formula is C25H25F2N5O4. The number of rotatable bonds is 8. The Morgan fingerprint density at radius 1 is 1.36 bits per heavy atom. The maximum atomic E-state index is 14.7. The van der Waals surface area contributed by atoms with Crippen molar-refractivity contribution >= 4 is 17.2 Å². The van der Waals surface area contributed by atoms with Gasteiger partial charge in [0, 0.05) is 23.0 Å². The molecule has 1 aliphatic carbocycles. The fourth-order valence-electron chi connectivity index (χ4n) is 3.73. The lowest BCUT2D eigenvalue weighted by Gasteiger charge is -2.17. The molecule has 0 saturated heterocycles. The first-order valence-corrected chi connectivity index (χ1v) is 11.4. The number of alkyl halides is 1. The number of amides is 1. The Morgan fingerprint density at radius 2 is 2.14 bits per heavy atom. The van der Waals surface area contributed by atoms with Crippen molar-refractivity contribution in [3.63, 3.8) is 0 Å². The molecule has 0 aliphatic heterocycles. The Morgan fingerprint density at radius 3 is 2.86 bits per heavy atom. The highest BCUT2D eigenvalue weighted by atomic mass is 19.1. The van der Waals surface area contributed by atoms with Gasteiger partial charge >= 0.3 is 0 Å². The molecular weight excluding hydrogens is 472 g/mol. The molecule has 36 heavy (non-hydrogen) atoms. The van der Waals surface area contributed by atoms with Crippen molar-refractivity contribution in [1.29, 1.82) is 0 Å². The van der Waals surface area contributed by atoms with Gasteiger partial charge in [0.1, 0.15) is 23.3 Å². The summed E-state index contributed by atoms with van der Waals surface area (Å²) in [6.07, 6.45) is 1.98. The Kier molecular flexibility index (Phi) is 6.05. The van der Waals surface area contributed by atoms with Crippen LogP contribution in [0.4, 0.5) is 14.5 Å². The lowest BCUT2D eigenvalue weighted by Crippen LogP contribution is -2.26. The second kappa shape index (κ2) is 9.07. The van der Waals surface area contributed by atoms with E-state index in [0.717, 1.165) is 5.56 Å². The molecule has 11 heteroatoms. The molecule has 3 heterocycles. The number of carbonyl (C=O) groups excluding carboxylic acids is 1. The molecule has 5 rings (SSSR count). The zero-order valence-corrected chi connectivity index (χ0v) is 20.0. The smallest absolute Gasteiger partial charge is 0.274 e. The predicted octanol–water partition coefficient (Wildman–Crippen LogP) is 4.20. The van der Waals surface area contributed by atoms with E-state index in [0.29, 0.717) is 29.1 Å². The standard InChI is InChI=1S/C25H25F2N5O4/c1-13-4-5-14(22-30-24(36-31-22)16-8-17(16)26)6-19(13)29-23(33)20-9-28-21-7-15(18(27)10-32(20)21)11-35-12-25(2,3)34/h4-7,9-10,16-17,34H,8,11-12H2,1-3H3,(H,29,33)/t16-,17-/m0/s1. The lowest BCUT2D eigenvalue weighted by molar-refractivity contribution is -0.0275. The molecule has 1 aromatic carbocycles. The zero-order valence-electron chi connectivity index (χ0n) is 20.0. The van der Waals surface area contributed by atoms with Crippen molar-refractivity contribution < 1.29 is 27.9 Å². The molecule has 0 spiro atoms. The van der Waals surface area contributed by atoms with E-state index in [2.05, 4.69) is 20.4 Å². The number of hydrogen-bond acceptors (Lipinski definition) is 7. The number of aliphatic hydroxyl groups is 1. The van der Waals surface area contributed by atoms with Gasteiger partial charge in [-0.3, -0.25) is 9.20 Å². The van der Waals surface area contributed by atoms with Crippen molar-refractivity contribution in [3.05, 3.63) is 65.2 Å². The fourth-order valence-corrected chi connectivity index (χ4v) is 3.73. The molecule has 1 saturated carbocycles. The molecule has 188 valence electrons. The summed E-state index contributed by atoms with van der Waals surface area (Å²) in [4.78, 5) is 21.6. The number of hydrogen-bond donors (Lipinski definition) is 2. The number of aromatic nitrogens is 4. The molecule has 0 bridgehead atoms. The molecule has 1 amide bonds. The van der Waals surface area contributed by atoms with Gasteiger partial charge in [-0.25, -0.2) is 13.8 Å². The number of fused-ring (bicyclic) bond motifs is 1. The molecule has 1 fully saturated rings. The van der Waals surface area contributed by atoms with Gasteiger partial charge in [0.2, 0.25) is 11.7 Å². The summed E-state index contributed by atoms with van der Waals surface area (Å²) in [6, 6.07) is 6.77. The SMILES string of the molecule is Cc1ccc(-c2noc([C@H]3C[C@@H]3F)n2)cc1NC(=O)c1cnc2cc(COCC(C)(C)O)c(F)cn12. The van der Waals surface area contributed by atoms with Crippen LogP contribution in [0.2, 0.25) is 0 Å². The Hall–Kier alpha value is -3.70. The van der Waals surface area contributed by atoms with Crippen LogP contribution in [0, 0.1) is 12.7 Å². The minimum absolute atomic E-state index is 0.0419. The van der Waals surface area contributed by atoms with Crippen molar-refractivity contribution in [2.75, 3.05) is 11.9 Å². The quantitative estimate of drug-likeness (QED) is 0.375. The highest BCUT2D eigenvalue weighted by Crippen LogP contribution is 2.43. The minimum Gasteiger partial charge on any atom is -0.388 e. The van der Waals surface area contributed by atoms with Crippen LogP contribution in [-0.4, -0.2) is 48.9 Å². The molecule has 3 aromatic heterocycles. The summed E-state index contributed by atoms with van der Waals surface area (Å²) in [6.45, 7) is 5.01.